The van der Waals surface area contributed by atoms with Crippen LogP contribution in [0, 0.1) is 0 Å². The number of hydrogen-bond donors (Lipinski definition) is 0. The van der Waals surface area contributed by atoms with E-state index in [-0.39, 0.29) is 0 Å². The van der Waals surface area contributed by atoms with Crippen LogP contribution in [0.1, 0.15) is 22.4 Å². The van der Waals surface area contributed by atoms with Gasteiger partial charge in [0.1, 0.15) is 0 Å². The minimum Gasteiger partial charge on any atom is -0.260 e. The van der Waals surface area contributed by atoms with Gasteiger partial charge in [0.25, 0.3) is 0 Å². The van der Waals surface area contributed by atoms with Gasteiger partial charge in [-0.05, 0) is 34.9 Å². The molecule has 0 aliphatic heterocycles. The average Bonchev–Trinajstić information content (AvgIpc) is 2.48. The second kappa shape index (κ2) is 3.76. The van der Waals surface area contributed by atoms with Crippen LogP contribution in [0.2, 0.25) is 5.02 Å². The topological polar surface area (TPSA) is 12.9 Å². The maximum Gasteiger partial charge on any atom is 0.0519 e. The summed E-state index contributed by atoms with van der Waals surface area (Å²) in [6, 6.07) is 10.1. The number of fused-ring (bicyclic) bond motifs is 2. The fourth-order valence-corrected chi connectivity index (χ4v) is 2.17. The van der Waals surface area contributed by atoms with Crippen molar-refractivity contribution in [1.29, 1.82) is 0 Å². The van der Waals surface area contributed by atoms with Crippen LogP contribution in [-0.4, -0.2) is 4.98 Å². The standard InChI is InChI=1S/C14H10ClN/c15-13-6-5-12-9-14-10(2-1-7-16-14)3-4-11(12)8-13/h1-8H,9H2. The van der Waals surface area contributed by atoms with Crippen molar-refractivity contribution in [2.75, 3.05) is 0 Å². The van der Waals surface area contributed by atoms with Crippen molar-refractivity contribution in [2.24, 2.45) is 0 Å². The lowest BCUT2D eigenvalue weighted by atomic mass is 10.0. The van der Waals surface area contributed by atoms with Crippen molar-refractivity contribution in [2.45, 2.75) is 6.42 Å². The highest BCUT2D eigenvalue weighted by Gasteiger charge is 2.09. The van der Waals surface area contributed by atoms with E-state index in [0.29, 0.717) is 0 Å². The molecule has 1 aromatic heterocycles. The summed E-state index contributed by atoms with van der Waals surface area (Å²) in [6.45, 7) is 0. The third kappa shape index (κ3) is 1.63. The van der Waals surface area contributed by atoms with Crippen molar-refractivity contribution in [3.8, 4) is 0 Å². The van der Waals surface area contributed by atoms with E-state index in [1.165, 1.54) is 16.7 Å². The molecule has 0 radical (unpaired) electrons. The summed E-state index contributed by atoms with van der Waals surface area (Å²) in [5.74, 6) is 0. The Labute approximate surface area is 99.4 Å². The summed E-state index contributed by atoms with van der Waals surface area (Å²) in [6.07, 6.45) is 6.92. The van der Waals surface area contributed by atoms with Crippen LogP contribution < -0.4 is 0 Å². The number of hydrogen-bond acceptors (Lipinski definition) is 1. The normalized spacial score (nSPS) is 12.8. The Morgan fingerprint density at radius 1 is 1.06 bits per heavy atom. The molecule has 2 heteroatoms. The summed E-state index contributed by atoms with van der Waals surface area (Å²) >= 11 is 5.99. The third-order valence-electron chi connectivity index (χ3n) is 2.83. The molecule has 3 rings (SSSR count). The minimum absolute atomic E-state index is 0.780. The van der Waals surface area contributed by atoms with E-state index in [2.05, 4.69) is 29.3 Å². The van der Waals surface area contributed by atoms with E-state index < -0.39 is 0 Å². The third-order valence-corrected chi connectivity index (χ3v) is 3.07. The lowest BCUT2D eigenvalue weighted by Gasteiger charge is -2.05. The van der Waals surface area contributed by atoms with Gasteiger partial charge in [-0.15, -0.1) is 0 Å². The molecule has 0 unspecified atom stereocenters. The van der Waals surface area contributed by atoms with Crippen LogP contribution in [-0.2, 0) is 6.42 Å². The molecule has 1 aliphatic carbocycles. The number of pyridine rings is 1. The van der Waals surface area contributed by atoms with Gasteiger partial charge in [-0.25, -0.2) is 0 Å². The van der Waals surface area contributed by atoms with Crippen molar-refractivity contribution >= 4 is 23.8 Å². The number of rotatable bonds is 0. The minimum atomic E-state index is 0.780. The van der Waals surface area contributed by atoms with Gasteiger partial charge in [0.2, 0.25) is 0 Å². The quantitative estimate of drug-likeness (QED) is 0.569. The molecule has 1 aliphatic rings. The van der Waals surface area contributed by atoms with E-state index in [0.717, 1.165) is 17.1 Å². The van der Waals surface area contributed by atoms with E-state index in [1.54, 1.807) is 0 Å². The molecule has 16 heavy (non-hydrogen) atoms. The van der Waals surface area contributed by atoms with Crippen LogP contribution in [0.15, 0.2) is 36.5 Å². The van der Waals surface area contributed by atoms with Gasteiger partial charge in [0, 0.05) is 17.6 Å². The van der Waals surface area contributed by atoms with E-state index >= 15 is 0 Å². The van der Waals surface area contributed by atoms with Gasteiger partial charge in [0.05, 0.1) is 5.69 Å². The molecule has 0 atom stereocenters. The van der Waals surface area contributed by atoms with Crippen LogP contribution in [0.25, 0.3) is 12.2 Å². The second-order valence-corrected chi connectivity index (χ2v) is 4.33. The summed E-state index contributed by atoms with van der Waals surface area (Å²) in [4.78, 5) is 4.42. The van der Waals surface area contributed by atoms with Gasteiger partial charge < -0.3 is 0 Å². The zero-order chi connectivity index (χ0) is 11.0. The highest BCUT2D eigenvalue weighted by atomic mass is 35.5. The predicted molar refractivity (Wildman–Crippen MR) is 67.4 cm³/mol. The average molecular weight is 228 g/mol. The smallest absolute Gasteiger partial charge is 0.0519 e. The van der Waals surface area contributed by atoms with Crippen molar-refractivity contribution < 1.29 is 0 Å². The fourth-order valence-electron chi connectivity index (χ4n) is 1.99. The summed E-state index contributed by atoms with van der Waals surface area (Å²) in [5, 5.41) is 0.780. The number of benzene rings is 1. The highest BCUT2D eigenvalue weighted by Crippen LogP contribution is 2.25. The Balaban J connectivity index is 2.17. The molecule has 0 fully saturated rings. The Bertz CT molecular complexity index is 573. The van der Waals surface area contributed by atoms with Crippen LogP contribution in [0.4, 0.5) is 0 Å². The Hall–Kier alpha value is -1.60. The molecule has 0 saturated heterocycles. The lowest BCUT2D eigenvalue weighted by molar-refractivity contribution is 1.07. The molecule has 1 nitrogen and oxygen atoms in total. The Morgan fingerprint density at radius 2 is 1.94 bits per heavy atom. The number of nitrogens with zero attached hydrogens (tertiary/aromatic N) is 1. The molecule has 2 aromatic rings. The largest absolute Gasteiger partial charge is 0.260 e. The van der Waals surface area contributed by atoms with Gasteiger partial charge in [-0.2, -0.15) is 0 Å². The maximum absolute atomic E-state index is 5.99. The zero-order valence-electron chi connectivity index (χ0n) is 8.65. The van der Waals surface area contributed by atoms with E-state index in [9.17, 15) is 0 Å². The van der Waals surface area contributed by atoms with Crippen molar-refractivity contribution in [3.05, 3.63) is 63.9 Å². The number of aromatic nitrogens is 1. The molecule has 78 valence electrons. The van der Waals surface area contributed by atoms with Crippen molar-refractivity contribution in [1.82, 2.24) is 4.98 Å². The Morgan fingerprint density at radius 3 is 2.88 bits per heavy atom. The van der Waals surface area contributed by atoms with Gasteiger partial charge in [-0.1, -0.05) is 35.9 Å². The van der Waals surface area contributed by atoms with Gasteiger partial charge in [0.15, 0.2) is 0 Å². The molecule has 0 amide bonds. The maximum atomic E-state index is 5.99. The second-order valence-electron chi connectivity index (χ2n) is 3.89. The summed E-state index contributed by atoms with van der Waals surface area (Å²) < 4.78 is 0. The molecule has 0 N–H and O–H groups in total. The van der Waals surface area contributed by atoms with Crippen molar-refractivity contribution in [3.63, 3.8) is 0 Å². The van der Waals surface area contributed by atoms with Gasteiger partial charge >= 0.3 is 0 Å². The summed E-state index contributed by atoms with van der Waals surface area (Å²) in [5.41, 5.74) is 4.78. The molecular formula is C14H10ClN. The predicted octanol–water partition coefficient (Wildman–Crippen LogP) is 3.81. The summed E-state index contributed by atoms with van der Waals surface area (Å²) in [7, 11) is 0. The zero-order valence-corrected chi connectivity index (χ0v) is 9.41. The first-order chi connectivity index (χ1) is 7.83. The molecule has 0 spiro atoms. The van der Waals surface area contributed by atoms with E-state index in [1.807, 2.05) is 24.4 Å². The lowest BCUT2D eigenvalue weighted by Crippen LogP contribution is -1.94. The molecule has 1 aromatic carbocycles. The van der Waals surface area contributed by atoms with Gasteiger partial charge in [-0.3, -0.25) is 4.98 Å². The van der Waals surface area contributed by atoms with Crippen LogP contribution in [0.5, 0.6) is 0 Å². The Kier molecular flexibility index (Phi) is 2.26. The number of halogens is 1. The van der Waals surface area contributed by atoms with E-state index in [4.69, 9.17) is 11.6 Å². The molecule has 0 saturated carbocycles. The monoisotopic (exact) mass is 227 g/mol. The highest BCUT2D eigenvalue weighted by molar-refractivity contribution is 6.30. The first-order valence-corrected chi connectivity index (χ1v) is 5.61. The van der Waals surface area contributed by atoms with Crippen LogP contribution >= 0.6 is 11.6 Å². The molecular weight excluding hydrogens is 218 g/mol. The SMILES string of the molecule is Clc1ccc2c(c1)C=Cc1cccnc1C2. The first kappa shape index (κ1) is 9.61. The molecule has 1 heterocycles. The molecule has 0 bridgehead atoms. The van der Waals surface area contributed by atoms with Crippen LogP contribution in [0.3, 0.4) is 0 Å². The fraction of sp³-hybridized carbons (Fsp3) is 0.0714. The first-order valence-electron chi connectivity index (χ1n) is 5.23.